The monoisotopic (exact) mass is 435 g/mol. The van der Waals surface area contributed by atoms with Crippen LogP contribution in [0.5, 0.6) is 5.75 Å². The second-order valence-electron chi connectivity index (χ2n) is 6.15. The summed E-state index contributed by atoms with van der Waals surface area (Å²) in [7, 11) is -2.14. The fraction of sp³-hybridized carbons (Fsp3) is 0.263. The molecule has 29 heavy (non-hydrogen) atoms. The molecule has 1 aromatic carbocycles. The highest BCUT2D eigenvalue weighted by Gasteiger charge is 2.14. The van der Waals surface area contributed by atoms with Gasteiger partial charge in [-0.15, -0.1) is 11.3 Å². The first-order valence-electron chi connectivity index (χ1n) is 8.79. The zero-order valence-electron chi connectivity index (χ0n) is 16.0. The Hall–Kier alpha value is -2.69. The van der Waals surface area contributed by atoms with Crippen LogP contribution >= 0.6 is 11.3 Å². The molecule has 2 heterocycles. The average molecular weight is 436 g/mol. The maximum atomic E-state index is 12.2. The van der Waals surface area contributed by atoms with Gasteiger partial charge in [-0.1, -0.05) is 0 Å². The van der Waals surface area contributed by atoms with Gasteiger partial charge in [0.2, 0.25) is 15.9 Å². The summed E-state index contributed by atoms with van der Waals surface area (Å²) in [5.74, 6) is 1.81. The summed E-state index contributed by atoms with van der Waals surface area (Å²) in [5, 5.41) is 5.20. The van der Waals surface area contributed by atoms with Crippen LogP contribution in [0.15, 0.2) is 51.1 Å². The molecule has 0 saturated carbocycles. The molecule has 0 aliphatic rings. The van der Waals surface area contributed by atoms with E-state index in [0.29, 0.717) is 22.2 Å². The van der Waals surface area contributed by atoms with Crippen molar-refractivity contribution in [1.82, 2.24) is 15.0 Å². The Morgan fingerprint density at radius 1 is 1.17 bits per heavy atom. The predicted molar refractivity (Wildman–Crippen MR) is 109 cm³/mol. The first-order chi connectivity index (χ1) is 13.9. The number of amides is 1. The molecule has 2 N–H and O–H groups in total. The van der Waals surface area contributed by atoms with Gasteiger partial charge in [-0.25, -0.2) is 18.1 Å². The zero-order valence-corrected chi connectivity index (χ0v) is 17.6. The number of benzene rings is 1. The van der Waals surface area contributed by atoms with Crippen molar-refractivity contribution in [3.63, 3.8) is 0 Å². The maximum Gasteiger partial charge on any atom is 0.240 e. The predicted octanol–water partition coefficient (Wildman–Crippen LogP) is 2.36. The summed E-state index contributed by atoms with van der Waals surface area (Å²) in [6.07, 6.45) is 0.113. The number of sulfonamides is 1. The standard InChI is InChI=1S/C19H21N3O5S2/c1-13-3-8-17(27-13)19-22-14(12-28-19)11-18(23)20-9-10-21-29(24,25)16-6-4-15(26-2)5-7-16/h3-8,12,21H,9-11H2,1-2H3,(H,20,23). The minimum absolute atomic E-state index is 0.0775. The number of furan rings is 1. The number of thiazole rings is 1. The molecule has 0 aliphatic heterocycles. The summed E-state index contributed by atoms with van der Waals surface area (Å²) in [4.78, 5) is 16.6. The van der Waals surface area contributed by atoms with E-state index in [0.717, 1.165) is 5.76 Å². The molecule has 0 aliphatic carbocycles. The van der Waals surface area contributed by atoms with Crippen molar-refractivity contribution in [2.45, 2.75) is 18.2 Å². The molecule has 3 aromatic rings. The van der Waals surface area contributed by atoms with Crippen molar-refractivity contribution in [3.8, 4) is 16.5 Å². The van der Waals surface area contributed by atoms with Crippen LogP contribution in [0.1, 0.15) is 11.5 Å². The van der Waals surface area contributed by atoms with Gasteiger partial charge in [0.1, 0.15) is 11.5 Å². The Morgan fingerprint density at radius 2 is 1.93 bits per heavy atom. The van der Waals surface area contributed by atoms with Gasteiger partial charge in [0.05, 0.1) is 24.1 Å². The summed E-state index contributed by atoms with van der Waals surface area (Å²) in [5.41, 5.74) is 0.635. The lowest BCUT2D eigenvalue weighted by Crippen LogP contribution is -2.35. The normalized spacial score (nSPS) is 11.4. The second kappa shape index (κ2) is 9.21. The number of carbonyl (C=O) groups is 1. The Morgan fingerprint density at radius 3 is 2.59 bits per heavy atom. The zero-order chi connectivity index (χ0) is 20.9. The van der Waals surface area contributed by atoms with E-state index in [4.69, 9.17) is 9.15 Å². The molecule has 0 spiro atoms. The molecule has 0 fully saturated rings. The average Bonchev–Trinajstić information content (AvgIpc) is 3.34. The van der Waals surface area contributed by atoms with Crippen molar-refractivity contribution in [1.29, 1.82) is 0 Å². The number of aryl methyl sites for hydroxylation is 1. The number of rotatable bonds is 9. The number of nitrogens with zero attached hydrogens (tertiary/aromatic N) is 1. The molecular weight excluding hydrogens is 414 g/mol. The van der Waals surface area contributed by atoms with Gasteiger partial charge in [-0.2, -0.15) is 0 Å². The van der Waals surface area contributed by atoms with E-state index < -0.39 is 10.0 Å². The first kappa shape index (κ1) is 21.0. The minimum Gasteiger partial charge on any atom is -0.497 e. The fourth-order valence-corrected chi connectivity index (χ4v) is 4.31. The largest absolute Gasteiger partial charge is 0.497 e. The Kier molecular flexibility index (Phi) is 6.68. The van der Waals surface area contributed by atoms with Crippen LogP contribution in [-0.4, -0.2) is 39.5 Å². The third kappa shape index (κ3) is 5.66. The number of hydrogen-bond acceptors (Lipinski definition) is 7. The Balaban J connectivity index is 1.44. The van der Waals surface area contributed by atoms with Crippen LogP contribution in [-0.2, 0) is 21.2 Å². The van der Waals surface area contributed by atoms with Crippen molar-refractivity contribution in [2.24, 2.45) is 0 Å². The van der Waals surface area contributed by atoms with Crippen LogP contribution < -0.4 is 14.8 Å². The van der Waals surface area contributed by atoms with Crippen molar-refractivity contribution >= 4 is 27.3 Å². The topological polar surface area (TPSA) is 111 Å². The number of nitrogens with one attached hydrogen (secondary N) is 2. The van der Waals surface area contributed by atoms with E-state index in [9.17, 15) is 13.2 Å². The van der Waals surface area contributed by atoms with Gasteiger partial charge in [0.15, 0.2) is 10.8 Å². The van der Waals surface area contributed by atoms with Crippen LogP contribution in [0, 0.1) is 6.92 Å². The lowest BCUT2D eigenvalue weighted by molar-refractivity contribution is -0.120. The van der Waals surface area contributed by atoms with Crippen LogP contribution in [0.3, 0.4) is 0 Å². The number of ether oxygens (including phenoxy) is 1. The SMILES string of the molecule is COc1ccc(S(=O)(=O)NCCNC(=O)Cc2csc(-c3ccc(C)o3)n2)cc1. The summed E-state index contributed by atoms with van der Waals surface area (Å²) >= 11 is 1.40. The van der Waals surface area contributed by atoms with Crippen LogP contribution in [0.4, 0.5) is 0 Å². The number of methoxy groups -OCH3 is 1. The van der Waals surface area contributed by atoms with Gasteiger partial charge < -0.3 is 14.5 Å². The van der Waals surface area contributed by atoms with Gasteiger partial charge in [0, 0.05) is 18.5 Å². The highest BCUT2D eigenvalue weighted by atomic mass is 32.2. The highest BCUT2D eigenvalue weighted by Crippen LogP contribution is 2.25. The van der Waals surface area contributed by atoms with E-state index in [-0.39, 0.29) is 30.3 Å². The summed E-state index contributed by atoms with van der Waals surface area (Å²) in [6.45, 7) is 2.10. The Labute approximate surface area is 173 Å². The molecule has 10 heteroatoms. The summed E-state index contributed by atoms with van der Waals surface area (Å²) in [6, 6.07) is 9.76. The van der Waals surface area contributed by atoms with E-state index in [1.165, 1.54) is 30.6 Å². The van der Waals surface area contributed by atoms with E-state index in [2.05, 4.69) is 15.0 Å². The Bertz CT molecular complexity index is 1070. The third-order valence-electron chi connectivity index (χ3n) is 3.95. The quantitative estimate of drug-likeness (QED) is 0.499. The number of aromatic nitrogens is 1. The van der Waals surface area contributed by atoms with Crippen molar-refractivity contribution in [3.05, 3.63) is 53.2 Å². The fourth-order valence-electron chi connectivity index (χ4n) is 2.50. The van der Waals surface area contributed by atoms with E-state index in [1.807, 2.05) is 19.1 Å². The first-order valence-corrected chi connectivity index (χ1v) is 11.2. The van der Waals surface area contributed by atoms with Gasteiger partial charge in [-0.3, -0.25) is 4.79 Å². The van der Waals surface area contributed by atoms with Gasteiger partial charge in [0.25, 0.3) is 0 Å². The van der Waals surface area contributed by atoms with Crippen LogP contribution in [0.25, 0.3) is 10.8 Å². The minimum atomic E-state index is -3.65. The number of carbonyl (C=O) groups excluding carboxylic acids is 1. The molecule has 0 atom stereocenters. The second-order valence-corrected chi connectivity index (χ2v) is 8.78. The maximum absolute atomic E-state index is 12.2. The molecule has 0 bridgehead atoms. The van der Waals surface area contributed by atoms with Crippen molar-refractivity contribution < 1.29 is 22.4 Å². The molecule has 2 aromatic heterocycles. The molecule has 1 amide bonds. The molecule has 3 rings (SSSR count). The van der Waals surface area contributed by atoms with E-state index >= 15 is 0 Å². The molecule has 8 nitrogen and oxygen atoms in total. The summed E-state index contributed by atoms with van der Waals surface area (Å²) < 4.78 is 37.4. The van der Waals surface area contributed by atoms with Crippen molar-refractivity contribution in [2.75, 3.05) is 20.2 Å². The lowest BCUT2D eigenvalue weighted by Gasteiger charge is -2.08. The van der Waals surface area contributed by atoms with Crippen LogP contribution in [0.2, 0.25) is 0 Å². The molecular formula is C19H21N3O5S2. The van der Waals surface area contributed by atoms with Gasteiger partial charge in [-0.05, 0) is 43.3 Å². The molecule has 0 unspecified atom stereocenters. The lowest BCUT2D eigenvalue weighted by atomic mass is 10.3. The number of hydrogen-bond donors (Lipinski definition) is 2. The van der Waals surface area contributed by atoms with Gasteiger partial charge >= 0.3 is 0 Å². The molecule has 154 valence electrons. The molecule has 0 saturated heterocycles. The highest BCUT2D eigenvalue weighted by molar-refractivity contribution is 7.89. The smallest absolute Gasteiger partial charge is 0.240 e. The molecule has 0 radical (unpaired) electrons. The van der Waals surface area contributed by atoms with E-state index in [1.54, 1.807) is 17.5 Å². The third-order valence-corrected chi connectivity index (χ3v) is 6.34.